The number of hydrogen-bond acceptors (Lipinski definition) is 7. The summed E-state index contributed by atoms with van der Waals surface area (Å²) in [5.74, 6) is -3.72. The second kappa shape index (κ2) is 11.0. The highest BCUT2D eigenvalue weighted by Gasteiger charge is 2.31. The van der Waals surface area contributed by atoms with Crippen molar-refractivity contribution in [3.63, 3.8) is 0 Å². The van der Waals surface area contributed by atoms with Crippen molar-refractivity contribution in [3.8, 4) is 0 Å². The predicted octanol–water partition coefficient (Wildman–Crippen LogP) is -2.16. The molecular weight excluding hydrogens is 364 g/mol. The number of aliphatic carboxylic acids is 1. The molecule has 10 nitrogen and oxygen atoms in total. The van der Waals surface area contributed by atoms with Crippen LogP contribution in [-0.4, -0.2) is 69.9 Å². The van der Waals surface area contributed by atoms with Gasteiger partial charge in [0.25, 0.3) is 0 Å². The van der Waals surface area contributed by atoms with Crippen molar-refractivity contribution in [2.24, 2.45) is 11.7 Å². The minimum atomic E-state index is -1.33. The molecule has 0 aliphatic rings. The van der Waals surface area contributed by atoms with E-state index in [4.69, 9.17) is 10.8 Å². The molecule has 0 bridgehead atoms. The summed E-state index contributed by atoms with van der Waals surface area (Å²) in [7, 11) is 0. The summed E-state index contributed by atoms with van der Waals surface area (Å²) in [6.07, 6.45) is -1.25. The Balaban J connectivity index is 5.04. The largest absolute Gasteiger partial charge is 0.480 e. The minimum absolute atomic E-state index is 0.115. The molecular formula is C15H28N4O6S. The van der Waals surface area contributed by atoms with Crippen LogP contribution in [0.4, 0.5) is 0 Å². The van der Waals surface area contributed by atoms with E-state index in [0.717, 1.165) is 0 Å². The van der Waals surface area contributed by atoms with Gasteiger partial charge in [-0.15, -0.1) is 0 Å². The van der Waals surface area contributed by atoms with E-state index in [-0.39, 0.29) is 11.7 Å². The summed E-state index contributed by atoms with van der Waals surface area (Å²) < 4.78 is 0. The van der Waals surface area contributed by atoms with Gasteiger partial charge in [-0.3, -0.25) is 19.2 Å². The number of amides is 3. The lowest BCUT2D eigenvalue weighted by Crippen LogP contribution is -2.60. The van der Waals surface area contributed by atoms with Crippen molar-refractivity contribution in [2.75, 3.05) is 5.75 Å². The first-order chi connectivity index (χ1) is 11.9. The highest BCUT2D eigenvalue weighted by atomic mass is 32.1. The van der Waals surface area contributed by atoms with Crippen LogP contribution in [0.5, 0.6) is 0 Å². The van der Waals surface area contributed by atoms with Crippen LogP contribution in [0.15, 0.2) is 0 Å². The number of aliphatic hydroxyl groups excluding tert-OH is 1. The first-order valence-corrected chi connectivity index (χ1v) is 8.74. The Morgan fingerprint density at radius 1 is 0.962 bits per heavy atom. The molecule has 0 saturated heterocycles. The molecule has 0 aromatic carbocycles. The van der Waals surface area contributed by atoms with Gasteiger partial charge < -0.3 is 31.9 Å². The van der Waals surface area contributed by atoms with Crippen molar-refractivity contribution in [2.45, 2.75) is 58.0 Å². The van der Waals surface area contributed by atoms with Crippen LogP contribution in [-0.2, 0) is 19.2 Å². The van der Waals surface area contributed by atoms with E-state index in [2.05, 4.69) is 28.6 Å². The molecule has 0 spiro atoms. The molecule has 7 N–H and O–H groups in total. The number of nitrogens with two attached hydrogens (primary N) is 1. The summed E-state index contributed by atoms with van der Waals surface area (Å²) in [4.78, 5) is 47.2. The molecule has 0 aromatic heterocycles. The fourth-order valence-corrected chi connectivity index (χ4v) is 2.05. The fraction of sp³-hybridized carbons (Fsp3) is 0.733. The lowest BCUT2D eigenvalue weighted by molar-refractivity contribution is -0.141. The normalized spacial score (nSPS) is 16.8. The van der Waals surface area contributed by atoms with Crippen molar-refractivity contribution in [1.82, 2.24) is 16.0 Å². The zero-order valence-corrected chi connectivity index (χ0v) is 16.1. The standard InChI is InChI=1S/C15H28N4O6S/c1-6(2)10(16)13(22)19-11(8(4)20)14(23)18-9(5-26)12(21)17-7(3)15(24)25/h6-11,20,26H,5,16H2,1-4H3,(H,17,21)(H,18,23)(H,19,22)(H,24,25). The van der Waals surface area contributed by atoms with Gasteiger partial charge in [-0.05, 0) is 19.8 Å². The number of carboxylic acid groups (broad SMARTS) is 1. The zero-order valence-electron chi connectivity index (χ0n) is 15.2. The first-order valence-electron chi connectivity index (χ1n) is 8.10. The summed E-state index contributed by atoms with van der Waals surface area (Å²) >= 11 is 3.96. The van der Waals surface area contributed by atoms with Crippen molar-refractivity contribution >= 4 is 36.3 Å². The zero-order chi connectivity index (χ0) is 20.6. The van der Waals surface area contributed by atoms with E-state index < -0.39 is 54.0 Å². The van der Waals surface area contributed by atoms with Crippen molar-refractivity contribution in [1.29, 1.82) is 0 Å². The average Bonchev–Trinajstić information content (AvgIpc) is 2.55. The molecule has 0 radical (unpaired) electrons. The van der Waals surface area contributed by atoms with Crippen LogP contribution >= 0.6 is 12.6 Å². The molecule has 0 aliphatic heterocycles. The Hall–Kier alpha value is -1.85. The Morgan fingerprint density at radius 3 is 1.88 bits per heavy atom. The summed E-state index contributed by atoms with van der Waals surface area (Å²) in [6.45, 7) is 6.02. The number of carbonyl (C=O) groups excluding carboxylic acids is 3. The van der Waals surface area contributed by atoms with Crippen LogP contribution in [0.25, 0.3) is 0 Å². The average molecular weight is 392 g/mol. The Kier molecular flexibility index (Phi) is 10.2. The molecule has 0 heterocycles. The van der Waals surface area contributed by atoms with Crippen molar-refractivity contribution in [3.05, 3.63) is 0 Å². The molecule has 0 saturated carbocycles. The molecule has 0 rings (SSSR count). The molecule has 11 heteroatoms. The number of aliphatic hydroxyl groups is 1. The van der Waals surface area contributed by atoms with Gasteiger partial charge in [-0.1, -0.05) is 13.8 Å². The first kappa shape index (κ1) is 24.1. The molecule has 3 amide bonds. The van der Waals surface area contributed by atoms with Gasteiger partial charge in [0, 0.05) is 5.75 Å². The van der Waals surface area contributed by atoms with Gasteiger partial charge in [-0.25, -0.2) is 0 Å². The third kappa shape index (κ3) is 7.58. The molecule has 26 heavy (non-hydrogen) atoms. The minimum Gasteiger partial charge on any atom is -0.480 e. The van der Waals surface area contributed by atoms with Gasteiger partial charge in [-0.2, -0.15) is 12.6 Å². The maximum atomic E-state index is 12.3. The van der Waals surface area contributed by atoms with E-state index in [9.17, 15) is 24.3 Å². The lowest BCUT2D eigenvalue weighted by Gasteiger charge is -2.26. The Bertz CT molecular complexity index is 528. The van der Waals surface area contributed by atoms with E-state index in [1.807, 2.05) is 0 Å². The predicted molar refractivity (Wildman–Crippen MR) is 97.4 cm³/mol. The molecule has 0 aliphatic carbocycles. The smallest absolute Gasteiger partial charge is 0.325 e. The molecule has 150 valence electrons. The summed E-state index contributed by atoms with van der Waals surface area (Å²) in [5, 5.41) is 25.5. The number of thiol groups is 1. The Morgan fingerprint density at radius 2 is 1.50 bits per heavy atom. The fourth-order valence-electron chi connectivity index (χ4n) is 1.79. The van der Waals surface area contributed by atoms with Crippen LogP contribution in [0.1, 0.15) is 27.7 Å². The second-order valence-electron chi connectivity index (χ2n) is 6.31. The second-order valence-corrected chi connectivity index (χ2v) is 6.67. The van der Waals surface area contributed by atoms with Crippen LogP contribution in [0.3, 0.4) is 0 Å². The van der Waals surface area contributed by atoms with Gasteiger partial charge in [0.05, 0.1) is 12.1 Å². The summed E-state index contributed by atoms with van der Waals surface area (Å²) in [6, 6.07) is -4.51. The highest BCUT2D eigenvalue weighted by Crippen LogP contribution is 2.02. The number of carboxylic acids is 1. The topological polar surface area (TPSA) is 171 Å². The molecule has 0 fully saturated rings. The number of nitrogens with one attached hydrogen (secondary N) is 3. The van der Waals surface area contributed by atoms with Gasteiger partial charge in [0.2, 0.25) is 17.7 Å². The van der Waals surface area contributed by atoms with Crippen LogP contribution in [0, 0.1) is 5.92 Å². The number of hydrogen-bond donors (Lipinski definition) is 7. The van der Waals surface area contributed by atoms with Gasteiger partial charge in [0.15, 0.2) is 0 Å². The molecule has 5 atom stereocenters. The van der Waals surface area contributed by atoms with Crippen molar-refractivity contribution < 1.29 is 29.4 Å². The van der Waals surface area contributed by atoms with Crippen LogP contribution in [0.2, 0.25) is 0 Å². The highest BCUT2D eigenvalue weighted by molar-refractivity contribution is 7.80. The molecule has 5 unspecified atom stereocenters. The van der Waals surface area contributed by atoms with Gasteiger partial charge >= 0.3 is 5.97 Å². The third-order valence-electron chi connectivity index (χ3n) is 3.63. The third-order valence-corrected chi connectivity index (χ3v) is 3.99. The monoisotopic (exact) mass is 392 g/mol. The summed E-state index contributed by atoms with van der Waals surface area (Å²) in [5.41, 5.74) is 5.71. The molecule has 0 aromatic rings. The quantitative estimate of drug-likeness (QED) is 0.207. The van der Waals surface area contributed by atoms with Crippen LogP contribution < -0.4 is 21.7 Å². The SMILES string of the molecule is CC(NC(=O)C(CS)NC(=O)C(NC(=O)C(N)C(C)C)C(C)O)C(=O)O. The number of carbonyl (C=O) groups is 4. The van der Waals surface area contributed by atoms with E-state index >= 15 is 0 Å². The lowest BCUT2D eigenvalue weighted by atomic mass is 10.0. The maximum Gasteiger partial charge on any atom is 0.325 e. The number of rotatable bonds is 10. The van der Waals surface area contributed by atoms with E-state index in [1.54, 1.807) is 13.8 Å². The van der Waals surface area contributed by atoms with E-state index in [0.29, 0.717) is 0 Å². The van der Waals surface area contributed by atoms with E-state index in [1.165, 1.54) is 13.8 Å². The van der Waals surface area contributed by atoms with Gasteiger partial charge in [0.1, 0.15) is 18.1 Å². The maximum absolute atomic E-state index is 12.3. The Labute approximate surface area is 157 Å².